The SMILES string of the molecule is CCOC(=O)COc1ccc2cc(-c3nc4ccccc4o3)c(=O)oc2c1. The van der Waals surface area contributed by atoms with Gasteiger partial charge in [0.15, 0.2) is 12.2 Å². The Hall–Kier alpha value is -3.61. The summed E-state index contributed by atoms with van der Waals surface area (Å²) in [5, 5.41) is 0.676. The van der Waals surface area contributed by atoms with Crippen molar-refractivity contribution < 1.29 is 23.1 Å². The molecule has 0 unspecified atom stereocenters. The molecule has 0 saturated carbocycles. The number of ether oxygens (including phenoxy) is 2. The average Bonchev–Trinajstić information content (AvgIpc) is 3.09. The molecule has 0 bridgehead atoms. The van der Waals surface area contributed by atoms with Crippen LogP contribution >= 0.6 is 0 Å². The van der Waals surface area contributed by atoms with Crippen molar-refractivity contribution in [2.24, 2.45) is 0 Å². The van der Waals surface area contributed by atoms with E-state index in [0.29, 0.717) is 27.8 Å². The van der Waals surface area contributed by atoms with Gasteiger partial charge in [-0.2, -0.15) is 0 Å². The van der Waals surface area contributed by atoms with E-state index < -0.39 is 11.6 Å². The zero-order valence-corrected chi connectivity index (χ0v) is 14.4. The highest BCUT2D eigenvalue weighted by atomic mass is 16.6. The van der Waals surface area contributed by atoms with E-state index in [0.717, 1.165) is 0 Å². The molecule has 0 spiro atoms. The molecule has 0 N–H and O–H groups in total. The third-order valence-electron chi connectivity index (χ3n) is 3.89. The van der Waals surface area contributed by atoms with Gasteiger partial charge in [-0.25, -0.2) is 14.6 Å². The average molecular weight is 365 g/mol. The van der Waals surface area contributed by atoms with Crippen LogP contribution in [0, 0.1) is 0 Å². The largest absolute Gasteiger partial charge is 0.482 e. The lowest BCUT2D eigenvalue weighted by atomic mass is 10.2. The van der Waals surface area contributed by atoms with Crippen LogP contribution in [0.25, 0.3) is 33.5 Å². The fraction of sp³-hybridized carbons (Fsp3) is 0.150. The second kappa shape index (κ2) is 6.95. The van der Waals surface area contributed by atoms with E-state index in [2.05, 4.69) is 4.98 Å². The number of hydrogen-bond donors (Lipinski definition) is 0. The van der Waals surface area contributed by atoms with Crippen molar-refractivity contribution in [3.05, 3.63) is 59.0 Å². The summed E-state index contributed by atoms with van der Waals surface area (Å²) in [6.07, 6.45) is 0. The van der Waals surface area contributed by atoms with Crippen LogP contribution < -0.4 is 10.4 Å². The van der Waals surface area contributed by atoms with Crippen LogP contribution in [0.5, 0.6) is 5.75 Å². The molecule has 0 aliphatic rings. The number of carbonyl (C=O) groups is 1. The van der Waals surface area contributed by atoms with Crippen LogP contribution in [-0.2, 0) is 9.53 Å². The van der Waals surface area contributed by atoms with E-state index in [1.807, 2.05) is 12.1 Å². The van der Waals surface area contributed by atoms with Crippen LogP contribution in [0.1, 0.15) is 6.92 Å². The van der Waals surface area contributed by atoms with Crippen LogP contribution in [0.15, 0.2) is 62.2 Å². The maximum atomic E-state index is 12.4. The number of carbonyl (C=O) groups excluding carboxylic acids is 1. The molecule has 2 heterocycles. The molecule has 0 fully saturated rings. The van der Waals surface area contributed by atoms with Gasteiger partial charge < -0.3 is 18.3 Å². The number of fused-ring (bicyclic) bond motifs is 2. The lowest BCUT2D eigenvalue weighted by molar-refractivity contribution is -0.145. The lowest BCUT2D eigenvalue weighted by Crippen LogP contribution is -2.14. The van der Waals surface area contributed by atoms with Gasteiger partial charge in [-0.1, -0.05) is 12.1 Å². The van der Waals surface area contributed by atoms with Crippen molar-refractivity contribution in [3.8, 4) is 17.2 Å². The first kappa shape index (κ1) is 16.8. The molecule has 2 aromatic heterocycles. The number of hydrogen-bond acceptors (Lipinski definition) is 7. The van der Waals surface area contributed by atoms with Crippen LogP contribution in [0.3, 0.4) is 0 Å². The van der Waals surface area contributed by atoms with E-state index in [1.165, 1.54) is 0 Å². The summed E-state index contributed by atoms with van der Waals surface area (Å²) in [6.45, 7) is 1.79. The fourth-order valence-corrected chi connectivity index (χ4v) is 2.66. The number of nitrogens with zero attached hydrogens (tertiary/aromatic N) is 1. The Morgan fingerprint density at radius 2 is 1.93 bits per heavy atom. The minimum atomic E-state index is -0.573. The quantitative estimate of drug-likeness (QED) is 0.394. The summed E-state index contributed by atoms with van der Waals surface area (Å²) in [7, 11) is 0. The molecule has 4 aromatic rings. The van der Waals surface area contributed by atoms with Crippen LogP contribution in [-0.4, -0.2) is 24.2 Å². The van der Waals surface area contributed by atoms with E-state index in [9.17, 15) is 9.59 Å². The van der Waals surface area contributed by atoms with Gasteiger partial charge in [-0.15, -0.1) is 0 Å². The third-order valence-corrected chi connectivity index (χ3v) is 3.89. The van der Waals surface area contributed by atoms with Gasteiger partial charge in [0.1, 0.15) is 22.4 Å². The molecule has 0 aliphatic carbocycles. The van der Waals surface area contributed by atoms with E-state index in [1.54, 1.807) is 43.3 Å². The summed E-state index contributed by atoms with van der Waals surface area (Å²) < 4.78 is 21.2. The van der Waals surface area contributed by atoms with Crippen molar-refractivity contribution in [3.63, 3.8) is 0 Å². The lowest BCUT2D eigenvalue weighted by Gasteiger charge is -2.06. The van der Waals surface area contributed by atoms with Gasteiger partial charge in [-0.05, 0) is 37.3 Å². The van der Waals surface area contributed by atoms with E-state index >= 15 is 0 Å². The zero-order chi connectivity index (χ0) is 18.8. The van der Waals surface area contributed by atoms with E-state index in [-0.39, 0.29) is 24.7 Å². The minimum absolute atomic E-state index is 0.203. The van der Waals surface area contributed by atoms with Gasteiger partial charge in [0.25, 0.3) is 0 Å². The molecule has 7 heteroatoms. The summed E-state index contributed by atoms with van der Waals surface area (Å²) in [5.74, 6) is 0.133. The molecule has 0 radical (unpaired) electrons. The standard InChI is InChI=1S/C20H15NO6/c1-2-24-18(22)11-25-13-8-7-12-9-14(20(23)27-17(12)10-13)19-21-15-5-3-4-6-16(15)26-19/h3-10H,2,11H2,1H3. The maximum absolute atomic E-state index is 12.4. The molecule has 2 aromatic carbocycles. The Bertz CT molecular complexity index is 1160. The molecule has 0 amide bonds. The second-order valence-corrected chi connectivity index (χ2v) is 5.73. The number of oxazole rings is 1. The first-order valence-electron chi connectivity index (χ1n) is 8.36. The van der Waals surface area contributed by atoms with Gasteiger partial charge in [0, 0.05) is 11.5 Å². The number of benzene rings is 2. The summed E-state index contributed by atoms with van der Waals surface area (Å²) in [6, 6.07) is 13.9. The minimum Gasteiger partial charge on any atom is -0.482 e. The topological polar surface area (TPSA) is 91.8 Å². The Morgan fingerprint density at radius 1 is 1.07 bits per heavy atom. The number of para-hydroxylation sites is 2. The molecular formula is C20H15NO6. The Morgan fingerprint density at radius 3 is 2.74 bits per heavy atom. The van der Waals surface area contributed by atoms with Crippen molar-refractivity contribution >= 4 is 28.0 Å². The van der Waals surface area contributed by atoms with Crippen LogP contribution in [0.2, 0.25) is 0 Å². The highest BCUT2D eigenvalue weighted by Crippen LogP contribution is 2.26. The summed E-state index contributed by atoms with van der Waals surface area (Å²) in [4.78, 5) is 28.1. The second-order valence-electron chi connectivity index (χ2n) is 5.73. The van der Waals surface area contributed by atoms with Gasteiger partial charge in [0.2, 0.25) is 5.89 Å². The van der Waals surface area contributed by atoms with Crippen molar-refractivity contribution in [2.75, 3.05) is 13.2 Å². The summed E-state index contributed by atoms with van der Waals surface area (Å²) in [5.41, 5.74) is 1.25. The predicted octanol–water partition coefficient (Wildman–Crippen LogP) is 3.54. The summed E-state index contributed by atoms with van der Waals surface area (Å²) >= 11 is 0. The molecule has 27 heavy (non-hydrogen) atoms. The molecule has 4 rings (SSSR count). The first-order valence-corrected chi connectivity index (χ1v) is 8.36. The van der Waals surface area contributed by atoms with Gasteiger partial charge >= 0.3 is 11.6 Å². The maximum Gasteiger partial charge on any atom is 0.349 e. The van der Waals surface area contributed by atoms with Gasteiger partial charge in [-0.3, -0.25) is 0 Å². The molecular weight excluding hydrogens is 350 g/mol. The normalized spacial score (nSPS) is 11.0. The highest BCUT2D eigenvalue weighted by molar-refractivity contribution is 5.83. The first-order chi connectivity index (χ1) is 13.1. The van der Waals surface area contributed by atoms with Crippen molar-refractivity contribution in [1.29, 1.82) is 0 Å². The smallest absolute Gasteiger partial charge is 0.349 e. The highest BCUT2D eigenvalue weighted by Gasteiger charge is 2.15. The predicted molar refractivity (Wildman–Crippen MR) is 97.6 cm³/mol. The Balaban J connectivity index is 1.66. The number of esters is 1. The zero-order valence-electron chi connectivity index (χ0n) is 14.4. The van der Waals surface area contributed by atoms with Crippen molar-refractivity contribution in [1.82, 2.24) is 4.98 Å². The number of rotatable bonds is 5. The third kappa shape index (κ3) is 3.39. The van der Waals surface area contributed by atoms with Crippen molar-refractivity contribution in [2.45, 2.75) is 6.92 Å². The molecule has 0 atom stereocenters. The molecule has 7 nitrogen and oxygen atoms in total. The van der Waals surface area contributed by atoms with Gasteiger partial charge in [0.05, 0.1) is 6.61 Å². The molecule has 0 aliphatic heterocycles. The fourth-order valence-electron chi connectivity index (χ4n) is 2.66. The van der Waals surface area contributed by atoms with E-state index in [4.69, 9.17) is 18.3 Å². The molecule has 136 valence electrons. The molecule has 0 saturated heterocycles. The monoisotopic (exact) mass is 365 g/mol. The number of aromatic nitrogens is 1. The Kier molecular flexibility index (Phi) is 4.33. The Labute approximate surface area is 153 Å². The van der Waals surface area contributed by atoms with Crippen LogP contribution in [0.4, 0.5) is 0 Å².